The molecule has 3 rings (SSSR count). The Kier molecular flexibility index (Phi) is 4.67. The predicted octanol–water partition coefficient (Wildman–Crippen LogP) is 3.90. The normalized spacial score (nSPS) is 17.0. The van der Waals surface area contributed by atoms with E-state index in [4.69, 9.17) is 0 Å². The standard InChI is InChI=1S/C18H16FNO2S/c19-15-6-2-5-14-16(9-10-23-18(14)15)20-17(22)8-7-12-3-1-4-13(21)11-12/h1-8,11,16,21H,9-10H2,(H,20,22). The molecule has 118 valence electrons. The number of halogens is 1. The number of hydrogen-bond donors (Lipinski definition) is 2. The smallest absolute Gasteiger partial charge is 0.244 e. The first kappa shape index (κ1) is 15.6. The largest absolute Gasteiger partial charge is 0.508 e. The molecule has 2 aromatic carbocycles. The van der Waals surface area contributed by atoms with Crippen molar-refractivity contribution < 1.29 is 14.3 Å². The van der Waals surface area contributed by atoms with Gasteiger partial charge in [0.05, 0.1) is 6.04 Å². The fourth-order valence-corrected chi connectivity index (χ4v) is 3.70. The molecule has 0 saturated heterocycles. The Morgan fingerprint density at radius 1 is 1.30 bits per heavy atom. The van der Waals surface area contributed by atoms with E-state index in [1.54, 1.807) is 36.4 Å². The Morgan fingerprint density at radius 2 is 2.13 bits per heavy atom. The molecule has 2 N–H and O–H groups in total. The van der Waals surface area contributed by atoms with Crippen molar-refractivity contribution in [2.75, 3.05) is 5.75 Å². The summed E-state index contributed by atoms with van der Waals surface area (Å²) in [6.45, 7) is 0. The summed E-state index contributed by atoms with van der Waals surface area (Å²) in [7, 11) is 0. The van der Waals surface area contributed by atoms with E-state index in [9.17, 15) is 14.3 Å². The van der Waals surface area contributed by atoms with Crippen molar-refractivity contribution >= 4 is 23.7 Å². The number of phenolic OH excluding ortho intramolecular Hbond substituents is 1. The lowest BCUT2D eigenvalue weighted by molar-refractivity contribution is -0.117. The van der Waals surface area contributed by atoms with Gasteiger partial charge in [0.25, 0.3) is 0 Å². The van der Waals surface area contributed by atoms with Gasteiger partial charge in [-0.2, -0.15) is 0 Å². The van der Waals surface area contributed by atoms with Crippen molar-refractivity contribution in [1.29, 1.82) is 0 Å². The van der Waals surface area contributed by atoms with Crippen molar-refractivity contribution in [3.05, 3.63) is 65.5 Å². The van der Waals surface area contributed by atoms with Crippen LogP contribution in [0.25, 0.3) is 6.08 Å². The molecular formula is C18H16FNO2S. The molecule has 0 saturated carbocycles. The lowest BCUT2D eigenvalue weighted by atomic mass is 10.0. The number of thioether (sulfide) groups is 1. The number of amides is 1. The SMILES string of the molecule is O=C(C=Cc1cccc(O)c1)NC1CCSc2c(F)cccc21. The van der Waals surface area contributed by atoms with Gasteiger partial charge >= 0.3 is 0 Å². The number of phenols is 1. The zero-order chi connectivity index (χ0) is 16.2. The van der Waals surface area contributed by atoms with Gasteiger partial charge in [0.15, 0.2) is 0 Å². The maximum atomic E-state index is 13.8. The molecule has 0 aromatic heterocycles. The molecule has 1 unspecified atom stereocenters. The highest BCUT2D eigenvalue weighted by atomic mass is 32.2. The van der Waals surface area contributed by atoms with Crippen molar-refractivity contribution in [2.45, 2.75) is 17.4 Å². The Labute approximate surface area is 138 Å². The minimum atomic E-state index is -0.236. The van der Waals surface area contributed by atoms with Gasteiger partial charge in [0.1, 0.15) is 11.6 Å². The minimum Gasteiger partial charge on any atom is -0.508 e. The lowest BCUT2D eigenvalue weighted by Crippen LogP contribution is -2.29. The predicted molar refractivity (Wildman–Crippen MR) is 89.8 cm³/mol. The average molecular weight is 329 g/mol. The molecule has 0 bridgehead atoms. The molecule has 1 aliphatic rings. The first-order chi connectivity index (χ1) is 11.1. The quantitative estimate of drug-likeness (QED) is 0.840. The topological polar surface area (TPSA) is 49.3 Å². The van der Waals surface area contributed by atoms with Crippen LogP contribution in [0, 0.1) is 5.82 Å². The molecule has 0 spiro atoms. The van der Waals surface area contributed by atoms with Crippen LogP contribution in [0.3, 0.4) is 0 Å². The highest BCUT2D eigenvalue weighted by Gasteiger charge is 2.23. The molecule has 1 amide bonds. The van der Waals surface area contributed by atoms with E-state index in [2.05, 4.69) is 5.32 Å². The molecule has 1 heterocycles. The Balaban J connectivity index is 1.71. The van der Waals surface area contributed by atoms with E-state index in [0.29, 0.717) is 4.90 Å². The Hall–Kier alpha value is -2.27. The van der Waals surface area contributed by atoms with Gasteiger partial charge in [0, 0.05) is 16.7 Å². The monoisotopic (exact) mass is 329 g/mol. The van der Waals surface area contributed by atoms with E-state index in [1.165, 1.54) is 23.9 Å². The van der Waals surface area contributed by atoms with Crippen molar-refractivity contribution in [3.63, 3.8) is 0 Å². The number of carbonyl (C=O) groups excluding carboxylic acids is 1. The van der Waals surface area contributed by atoms with Gasteiger partial charge in [-0.25, -0.2) is 4.39 Å². The summed E-state index contributed by atoms with van der Waals surface area (Å²) in [5, 5.41) is 12.3. The second-order valence-electron chi connectivity index (χ2n) is 5.28. The summed E-state index contributed by atoms with van der Waals surface area (Å²) < 4.78 is 13.8. The summed E-state index contributed by atoms with van der Waals surface area (Å²) in [5.41, 5.74) is 1.58. The summed E-state index contributed by atoms with van der Waals surface area (Å²) in [4.78, 5) is 12.7. The van der Waals surface area contributed by atoms with Gasteiger partial charge in [-0.05, 0) is 41.8 Å². The molecule has 23 heavy (non-hydrogen) atoms. The zero-order valence-corrected chi connectivity index (χ0v) is 13.1. The summed E-state index contributed by atoms with van der Waals surface area (Å²) in [6.07, 6.45) is 3.83. The van der Waals surface area contributed by atoms with Crippen LogP contribution >= 0.6 is 11.8 Å². The van der Waals surface area contributed by atoms with E-state index < -0.39 is 0 Å². The van der Waals surface area contributed by atoms with Crippen LogP contribution in [-0.4, -0.2) is 16.8 Å². The number of rotatable bonds is 3. The molecule has 0 aliphatic carbocycles. The van der Waals surface area contributed by atoms with Gasteiger partial charge < -0.3 is 10.4 Å². The highest BCUT2D eigenvalue weighted by molar-refractivity contribution is 7.99. The van der Waals surface area contributed by atoms with Crippen molar-refractivity contribution in [2.24, 2.45) is 0 Å². The minimum absolute atomic E-state index is 0.154. The molecule has 2 aromatic rings. The van der Waals surface area contributed by atoms with Crippen molar-refractivity contribution in [1.82, 2.24) is 5.32 Å². The van der Waals surface area contributed by atoms with Gasteiger partial charge in [-0.3, -0.25) is 4.79 Å². The fourth-order valence-electron chi connectivity index (χ4n) is 2.56. The fraction of sp³-hybridized carbons (Fsp3) is 0.167. The van der Waals surface area contributed by atoms with Crippen LogP contribution in [0.15, 0.2) is 53.4 Å². The van der Waals surface area contributed by atoms with Crippen LogP contribution in [0.2, 0.25) is 0 Å². The third kappa shape index (κ3) is 3.74. The first-order valence-corrected chi connectivity index (χ1v) is 8.31. The molecule has 5 heteroatoms. The summed E-state index contributed by atoms with van der Waals surface area (Å²) in [6, 6.07) is 11.4. The maximum Gasteiger partial charge on any atom is 0.244 e. The van der Waals surface area contributed by atoms with E-state index in [-0.39, 0.29) is 23.5 Å². The number of aromatic hydroxyl groups is 1. The van der Waals surface area contributed by atoms with Gasteiger partial charge in [-0.15, -0.1) is 11.8 Å². The van der Waals surface area contributed by atoms with Gasteiger partial charge in [-0.1, -0.05) is 24.3 Å². The van der Waals surface area contributed by atoms with Crippen LogP contribution in [0.1, 0.15) is 23.6 Å². The number of nitrogens with one attached hydrogen (secondary N) is 1. The molecule has 3 nitrogen and oxygen atoms in total. The van der Waals surface area contributed by atoms with Crippen LogP contribution < -0.4 is 5.32 Å². The third-order valence-corrected chi connectivity index (χ3v) is 4.80. The summed E-state index contributed by atoms with van der Waals surface area (Å²) in [5.74, 6) is 0.457. The van der Waals surface area contributed by atoms with E-state index in [0.717, 1.165) is 23.3 Å². The number of hydrogen-bond acceptors (Lipinski definition) is 3. The van der Waals surface area contributed by atoms with Crippen LogP contribution in [0.5, 0.6) is 5.75 Å². The number of fused-ring (bicyclic) bond motifs is 1. The number of benzene rings is 2. The van der Waals surface area contributed by atoms with E-state index in [1.807, 2.05) is 6.07 Å². The second kappa shape index (κ2) is 6.87. The third-order valence-electron chi connectivity index (χ3n) is 3.64. The number of carbonyl (C=O) groups is 1. The maximum absolute atomic E-state index is 13.8. The molecule has 1 atom stereocenters. The molecule has 0 fully saturated rings. The van der Waals surface area contributed by atoms with Crippen LogP contribution in [0.4, 0.5) is 4.39 Å². The average Bonchev–Trinajstić information content (AvgIpc) is 2.54. The lowest BCUT2D eigenvalue weighted by Gasteiger charge is -2.25. The molecule has 1 aliphatic heterocycles. The first-order valence-electron chi connectivity index (χ1n) is 7.32. The second-order valence-corrected chi connectivity index (χ2v) is 6.39. The Bertz CT molecular complexity index is 760. The van der Waals surface area contributed by atoms with Gasteiger partial charge in [0.2, 0.25) is 5.91 Å². The summed E-state index contributed by atoms with van der Waals surface area (Å²) >= 11 is 1.49. The van der Waals surface area contributed by atoms with Crippen molar-refractivity contribution in [3.8, 4) is 5.75 Å². The van der Waals surface area contributed by atoms with E-state index >= 15 is 0 Å². The highest BCUT2D eigenvalue weighted by Crippen LogP contribution is 2.37. The Morgan fingerprint density at radius 3 is 2.96 bits per heavy atom. The molecular weight excluding hydrogens is 313 g/mol. The molecule has 0 radical (unpaired) electrons. The zero-order valence-electron chi connectivity index (χ0n) is 12.3. The van der Waals surface area contributed by atoms with Crippen LogP contribution in [-0.2, 0) is 4.79 Å².